The summed E-state index contributed by atoms with van der Waals surface area (Å²) in [5.41, 5.74) is 0.649. The second kappa shape index (κ2) is 7.85. The Morgan fingerprint density at radius 3 is 2.84 bits per heavy atom. The lowest BCUT2D eigenvalue weighted by Gasteiger charge is -2.11. The van der Waals surface area contributed by atoms with Gasteiger partial charge in [-0.25, -0.2) is 5.06 Å². The van der Waals surface area contributed by atoms with Gasteiger partial charge in [-0.15, -0.1) is 12.3 Å². The Morgan fingerprint density at radius 1 is 1.47 bits per heavy atom. The molecule has 0 radical (unpaired) electrons. The number of carbonyl (C=O) groups is 1. The van der Waals surface area contributed by atoms with E-state index in [0.29, 0.717) is 33.5 Å². The van der Waals surface area contributed by atoms with Crippen molar-refractivity contribution in [2.75, 3.05) is 6.54 Å². The summed E-state index contributed by atoms with van der Waals surface area (Å²) < 4.78 is 0. The number of unbranched alkanes of at least 4 members (excludes halogenated alkanes) is 1. The van der Waals surface area contributed by atoms with Crippen LogP contribution in [0.3, 0.4) is 0 Å². The van der Waals surface area contributed by atoms with E-state index in [9.17, 15) is 10.0 Å². The Kier molecular flexibility index (Phi) is 6.44. The fraction of sp³-hybridized carbons (Fsp3) is 0.214. The zero-order valence-electron chi connectivity index (χ0n) is 10.1. The number of nitrogens with zero attached hydrogens (tertiary/aromatic N) is 1. The van der Waals surface area contributed by atoms with Crippen LogP contribution in [-0.4, -0.2) is 22.7 Å². The molecule has 1 aromatic carbocycles. The average Bonchev–Trinajstić information content (AvgIpc) is 2.37. The molecule has 0 aromatic heterocycles. The van der Waals surface area contributed by atoms with Crippen LogP contribution < -0.4 is 0 Å². The molecule has 0 heterocycles. The van der Waals surface area contributed by atoms with Gasteiger partial charge in [-0.05, 0) is 30.2 Å². The molecule has 0 saturated carbocycles. The third-order valence-corrected chi connectivity index (χ3v) is 2.88. The van der Waals surface area contributed by atoms with Gasteiger partial charge in [-0.2, -0.15) is 0 Å². The molecule has 0 aliphatic heterocycles. The van der Waals surface area contributed by atoms with E-state index in [1.807, 2.05) is 0 Å². The fourth-order valence-electron chi connectivity index (χ4n) is 1.32. The third-order valence-electron chi connectivity index (χ3n) is 2.31. The predicted molar refractivity (Wildman–Crippen MR) is 77.1 cm³/mol. The SMILES string of the molecule is C#CCCCN(O)C(=O)/C=C/c1ccc(Cl)cc1Cl. The van der Waals surface area contributed by atoms with E-state index in [4.69, 9.17) is 29.6 Å². The summed E-state index contributed by atoms with van der Waals surface area (Å²) in [5, 5.41) is 11.0. The number of rotatable bonds is 5. The van der Waals surface area contributed by atoms with Crippen molar-refractivity contribution in [3.63, 3.8) is 0 Å². The molecule has 3 nitrogen and oxygen atoms in total. The number of amides is 1. The average molecular weight is 298 g/mol. The van der Waals surface area contributed by atoms with Crippen LogP contribution in [-0.2, 0) is 4.79 Å². The number of carbonyl (C=O) groups excluding carboxylic acids is 1. The van der Waals surface area contributed by atoms with E-state index in [2.05, 4.69) is 5.92 Å². The lowest BCUT2D eigenvalue weighted by Crippen LogP contribution is -2.26. The molecule has 5 heteroatoms. The smallest absolute Gasteiger partial charge is 0.269 e. The summed E-state index contributed by atoms with van der Waals surface area (Å²) in [7, 11) is 0. The number of hydrogen-bond donors (Lipinski definition) is 1. The first-order valence-corrected chi connectivity index (χ1v) is 6.37. The second-order valence-corrected chi connectivity index (χ2v) is 4.61. The van der Waals surface area contributed by atoms with Crippen molar-refractivity contribution >= 4 is 35.2 Å². The number of halogens is 2. The Labute approximate surface area is 122 Å². The predicted octanol–water partition coefficient (Wildman–Crippen LogP) is 3.64. The molecule has 0 aliphatic carbocycles. The highest BCUT2D eigenvalue weighted by Gasteiger charge is 2.06. The minimum Gasteiger partial charge on any atom is -0.286 e. The molecule has 1 N–H and O–H groups in total. The molecule has 19 heavy (non-hydrogen) atoms. The first-order chi connectivity index (χ1) is 9.04. The molecule has 1 amide bonds. The van der Waals surface area contributed by atoms with Crippen molar-refractivity contribution in [1.29, 1.82) is 0 Å². The van der Waals surface area contributed by atoms with Crippen molar-refractivity contribution in [2.24, 2.45) is 0 Å². The van der Waals surface area contributed by atoms with Crippen molar-refractivity contribution in [2.45, 2.75) is 12.8 Å². The Balaban J connectivity index is 2.60. The van der Waals surface area contributed by atoms with Crippen LogP contribution in [0.5, 0.6) is 0 Å². The minimum atomic E-state index is -0.525. The maximum absolute atomic E-state index is 11.6. The molecule has 0 aliphatic rings. The molecule has 100 valence electrons. The van der Waals surface area contributed by atoms with Crippen LogP contribution in [0.1, 0.15) is 18.4 Å². The van der Waals surface area contributed by atoms with Crippen molar-refractivity contribution < 1.29 is 10.0 Å². The van der Waals surface area contributed by atoms with Crippen LogP contribution >= 0.6 is 23.2 Å². The number of hydrogen-bond acceptors (Lipinski definition) is 2. The van der Waals surface area contributed by atoms with Gasteiger partial charge in [0.15, 0.2) is 0 Å². The lowest BCUT2D eigenvalue weighted by atomic mass is 10.2. The van der Waals surface area contributed by atoms with Crippen LogP contribution in [0.4, 0.5) is 0 Å². The van der Waals surface area contributed by atoms with Crippen molar-refractivity contribution in [1.82, 2.24) is 5.06 Å². The van der Waals surface area contributed by atoms with E-state index in [1.165, 1.54) is 12.2 Å². The molecule has 0 saturated heterocycles. The summed E-state index contributed by atoms with van der Waals surface area (Å²) in [6, 6.07) is 4.94. The molecule has 1 rings (SSSR count). The van der Waals surface area contributed by atoms with Crippen LogP contribution in [0, 0.1) is 12.3 Å². The quantitative estimate of drug-likeness (QED) is 0.296. The van der Waals surface area contributed by atoms with Gasteiger partial charge in [0, 0.05) is 29.1 Å². The topological polar surface area (TPSA) is 40.5 Å². The standard InChI is InChI=1S/C14H13Cl2NO2/c1-2-3-4-9-17(19)14(18)8-6-11-5-7-12(15)10-13(11)16/h1,5-8,10,19H,3-4,9H2/b8-6+. The first-order valence-electron chi connectivity index (χ1n) is 5.61. The molecule has 0 atom stereocenters. The highest BCUT2D eigenvalue weighted by Crippen LogP contribution is 2.21. The summed E-state index contributed by atoms with van der Waals surface area (Å²) in [4.78, 5) is 11.6. The molecule has 0 bridgehead atoms. The summed E-state index contributed by atoms with van der Waals surface area (Å²) >= 11 is 11.7. The molecular formula is C14H13Cl2NO2. The first kappa shape index (κ1) is 15.6. The zero-order valence-corrected chi connectivity index (χ0v) is 11.7. The van der Waals surface area contributed by atoms with Gasteiger partial charge in [-0.1, -0.05) is 29.3 Å². The lowest BCUT2D eigenvalue weighted by molar-refractivity contribution is -0.159. The van der Waals surface area contributed by atoms with Crippen molar-refractivity contribution in [3.8, 4) is 12.3 Å². The van der Waals surface area contributed by atoms with E-state index in [0.717, 1.165) is 0 Å². The van der Waals surface area contributed by atoms with Crippen LogP contribution in [0.15, 0.2) is 24.3 Å². The monoisotopic (exact) mass is 297 g/mol. The third kappa shape index (κ3) is 5.35. The highest BCUT2D eigenvalue weighted by molar-refractivity contribution is 6.35. The van der Waals surface area contributed by atoms with Gasteiger partial charge in [0.1, 0.15) is 0 Å². The summed E-state index contributed by atoms with van der Waals surface area (Å²) in [6.45, 7) is 0.196. The van der Waals surface area contributed by atoms with E-state index in [1.54, 1.807) is 18.2 Å². The zero-order chi connectivity index (χ0) is 14.3. The van der Waals surface area contributed by atoms with E-state index >= 15 is 0 Å². The van der Waals surface area contributed by atoms with Gasteiger partial charge < -0.3 is 0 Å². The molecule has 0 spiro atoms. The number of benzene rings is 1. The van der Waals surface area contributed by atoms with Gasteiger partial charge in [0.2, 0.25) is 0 Å². The Morgan fingerprint density at radius 2 is 2.21 bits per heavy atom. The molecular weight excluding hydrogens is 285 g/mol. The molecule has 0 fully saturated rings. The van der Waals surface area contributed by atoms with Crippen molar-refractivity contribution in [3.05, 3.63) is 39.9 Å². The minimum absolute atomic E-state index is 0.196. The van der Waals surface area contributed by atoms with Gasteiger partial charge in [-0.3, -0.25) is 10.0 Å². The van der Waals surface area contributed by atoms with Gasteiger partial charge in [0.05, 0.1) is 0 Å². The van der Waals surface area contributed by atoms with Crippen LogP contribution in [0.25, 0.3) is 6.08 Å². The Hall–Kier alpha value is -1.47. The second-order valence-electron chi connectivity index (χ2n) is 3.77. The summed E-state index contributed by atoms with van der Waals surface area (Å²) in [5.74, 6) is 1.91. The fourth-order valence-corrected chi connectivity index (χ4v) is 1.80. The Bertz CT molecular complexity index is 521. The number of terminal acetylenes is 1. The van der Waals surface area contributed by atoms with Gasteiger partial charge >= 0.3 is 0 Å². The molecule has 1 aromatic rings. The maximum Gasteiger partial charge on any atom is 0.269 e. The van der Waals surface area contributed by atoms with Gasteiger partial charge in [0.25, 0.3) is 5.91 Å². The van der Waals surface area contributed by atoms with E-state index < -0.39 is 5.91 Å². The van der Waals surface area contributed by atoms with E-state index in [-0.39, 0.29) is 6.54 Å². The normalized spacial score (nSPS) is 10.4. The maximum atomic E-state index is 11.6. The number of hydroxylamine groups is 2. The molecule has 0 unspecified atom stereocenters. The van der Waals surface area contributed by atoms with Crippen LogP contribution in [0.2, 0.25) is 10.0 Å². The summed E-state index contributed by atoms with van der Waals surface area (Å²) in [6.07, 6.45) is 8.90. The highest BCUT2D eigenvalue weighted by atomic mass is 35.5. The largest absolute Gasteiger partial charge is 0.286 e.